The van der Waals surface area contributed by atoms with Crippen molar-refractivity contribution in [1.82, 2.24) is 4.98 Å². The smallest absolute Gasteiger partial charge is 0.0509 e. The molecule has 1 N–H and O–H groups in total. The second-order valence-electron chi connectivity index (χ2n) is 7.51. The first kappa shape index (κ1) is 13.7. The van der Waals surface area contributed by atoms with Crippen molar-refractivity contribution < 1.29 is 0 Å². The molecular formula is C23H17NS. The molecule has 0 aliphatic heterocycles. The van der Waals surface area contributed by atoms with Gasteiger partial charge in [-0.15, -0.1) is 11.3 Å². The number of rotatable bonds is 0. The molecule has 1 aliphatic carbocycles. The van der Waals surface area contributed by atoms with Crippen LogP contribution in [0.1, 0.15) is 25.0 Å². The van der Waals surface area contributed by atoms with Gasteiger partial charge < -0.3 is 4.98 Å². The number of thiophene rings is 1. The van der Waals surface area contributed by atoms with E-state index in [0.29, 0.717) is 0 Å². The number of hydrogen-bond acceptors (Lipinski definition) is 1. The van der Waals surface area contributed by atoms with Crippen molar-refractivity contribution in [3.63, 3.8) is 0 Å². The highest BCUT2D eigenvalue weighted by Gasteiger charge is 2.39. The summed E-state index contributed by atoms with van der Waals surface area (Å²) in [7, 11) is 0. The molecule has 2 aromatic heterocycles. The first-order valence-electron chi connectivity index (χ1n) is 8.72. The van der Waals surface area contributed by atoms with E-state index in [4.69, 9.17) is 0 Å². The maximum absolute atomic E-state index is 3.74. The third-order valence-corrected chi connectivity index (χ3v) is 6.93. The zero-order valence-electron chi connectivity index (χ0n) is 14.2. The Bertz CT molecular complexity index is 1320. The summed E-state index contributed by atoms with van der Waals surface area (Å²) in [6, 6.07) is 22.1. The quantitative estimate of drug-likeness (QED) is 0.318. The molecule has 120 valence electrons. The first-order chi connectivity index (χ1) is 12.2. The van der Waals surface area contributed by atoms with Crippen LogP contribution in [0.15, 0.2) is 60.7 Å². The Kier molecular flexibility index (Phi) is 2.37. The molecule has 6 rings (SSSR count). The number of fused-ring (bicyclic) bond motifs is 9. The molecule has 2 heteroatoms. The van der Waals surface area contributed by atoms with Crippen LogP contribution in [0.5, 0.6) is 0 Å². The highest BCUT2D eigenvalue weighted by atomic mass is 32.1. The molecule has 1 aliphatic rings. The summed E-state index contributed by atoms with van der Waals surface area (Å²) < 4.78 is 2.75. The van der Waals surface area contributed by atoms with Crippen molar-refractivity contribution in [1.29, 1.82) is 0 Å². The topological polar surface area (TPSA) is 15.8 Å². The van der Waals surface area contributed by atoms with Gasteiger partial charge in [0.2, 0.25) is 0 Å². The normalized spacial score (nSPS) is 15.1. The fraction of sp³-hybridized carbons (Fsp3) is 0.130. The maximum Gasteiger partial charge on any atom is 0.0509 e. The van der Waals surface area contributed by atoms with E-state index in [9.17, 15) is 0 Å². The van der Waals surface area contributed by atoms with Crippen molar-refractivity contribution in [2.24, 2.45) is 0 Å². The Hall–Kier alpha value is -2.58. The summed E-state index contributed by atoms with van der Waals surface area (Å²) in [4.78, 5) is 3.74. The lowest BCUT2D eigenvalue weighted by atomic mass is 9.81. The molecule has 3 aromatic carbocycles. The van der Waals surface area contributed by atoms with Crippen molar-refractivity contribution in [2.75, 3.05) is 0 Å². The van der Waals surface area contributed by atoms with Gasteiger partial charge in [-0.05, 0) is 29.3 Å². The largest absolute Gasteiger partial charge is 0.354 e. The first-order valence-corrected chi connectivity index (χ1v) is 9.54. The lowest BCUT2D eigenvalue weighted by Gasteiger charge is -2.21. The Morgan fingerprint density at radius 2 is 1.60 bits per heavy atom. The SMILES string of the molecule is CC1(C)c2ccccc2-c2[nH]c3ccc4sc5ccccc5c4c3c21. The third-order valence-electron chi connectivity index (χ3n) is 5.80. The molecule has 0 bridgehead atoms. The third kappa shape index (κ3) is 1.54. The second-order valence-corrected chi connectivity index (χ2v) is 8.59. The van der Waals surface area contributed by atoms with E-state index in [1.165, 1.54) is 53.5 Å². The maximum atomic E-state index is 3.74. The van der Waals surface area contributed by atoms with E-state index in [0.717, 1.165) is 0 Å². The van der Waals surface area contributed by atoms with Crippen molar-refractivity contribution in [3.05, 3.63) is 71.8 Å². The van der Waals surface area contributed by atoms with Crippen LogP contribution in [-0.2, 0) is 5.41 Å². The molecule has 1 nitrogen and oxygen atoms in total. The van der Waals surface area contributed by atoms with Gasteiger partial charge in [-0.1, -0.05) is 56.3 Å². The highest BCUT2D eigenvalue weighted by molar-refractivity contribution is 7.26. The number of aromatic nitrogens is 1. The molecule has 0 fully saturated rings. The number of benzene rings is 3. The van der Waals surface area contributed by atoms with E-state index < -0.39 is 0 Å². The van der Waals surface area contributed by atoms with Crippen molar-refractivity contribution in [3.8, 4) is 11.3 Å². The van der Waals surface area contributed by atoms with Gasteiger partial charge in [-0.3, -0.25) is 0 Å². The summed E-state index contributed by atoms with van der Waals surface area (Å²) in [5, 5.41) is 4.20. The minimum atomic E-state index is 0.0154. The number of H-pyrrole nitrogens is 1. The average molecular weight is 339 g/mol. The molecule has 2 heterocycles. The second kappa shape index (κ2) is 4.33. The summed E-state index contributed by atoms with van der Waals surface area (Å²) in [5.74, 6) is 0. The summed E-state index contributed by atoms with van der Waals surface area (Å²) >= 11 is 1.90. The summed E-state index contributed by atoms with van der Waals surface area (Å²) in [5.41, 5.74) is 6.81. The Morgan fingerprint density at radius 1 is 0.800 bits per heavy atom. The van der Waals surface area contributed by atoms with Gasteiger partial charge in [-0.2, -0.15) is 0 Å². The summed E-state index contributed by atoms with van der Waals surface area (Å²) in [6.07, 6.45) is 0. The van der Waals surface area contributed by atoms with Crippen LogP contribution >= 0.6 is 11.3 Å². The van der Waals surface area contributed by atoms with Crippen LogP contribution in [0, 0.1) is 0 Å². The van der Waals surface area contributed by atoms with Gasteiger partial charge in [0, 0.05) is 42.1 Å². The van der Waals surface area contributed by atoms with Crippen LogP contribution in [0.2, 0.25) is 0 Å². The van der Waals surface area contributed by atoms with Gasteiger partial charge in [0.15, 0.2) is 0 Å². The Balaban J connectivity index is 1.89. The van der Waals surface area contributed by atoms with Crippen LogP contribution in [0.4, 0.5) is 0 Å². The molecule has 0 saturated heterocycles. The van der Waals surface area contributed by atoms with E-state index in [2.05, 4.69) is 79.5 Å². The molecule has 0 unspecified atom stereocenters. The molecule has 0 atom stereocenters. The predicted octanol–water partition coefficient (Wildman–Crippen LogP) is 6.84. The molecular weight excluding hydrogens is 322 g/mol. The molecule has 5 aromatic rings. The van der Waals surface area contributed by atoms with E-state index >= 15 is 0 Å². The average Bonchev–Trinajstić information content (AvgIpc) is 3.25. The molecule has 0 saturated carbocycles. The Morgan fingerprint density at radius 3 is 2.52 bits per heavy atom. The minimum Gasteiger partial charge on any atom is -0.354 e. The van der Waals surface area contributed by atoms with Crippen LogP contribution in [-0.4, -0.2) is 4.98 Å². The standard InChI is InChI=1S/C23H17NS/c1-23(2)15-9-5-3-7-13(15)22-21(23)20-16(24-22)11-12-18-19(20)14-8-4-6-10-17(14)25-18/h3-12,24H,1-2H3. The van der Waals surface area contributed by atoms with Gasteiger partial charge in [0.1, 0.15) is 0 Å². The number of nitrogens with one attached hydrogen (secondary N) is 1. The van der Waals surface area contributed by atoms with Gasteiger partial charge in [-0.25, -0.2) is 0 Å². The van der Waals surface area contributed by atoms with Crippen LogP contribution in [0.25, 0.3) is 42.3 Å². The lowest BCUT2D eigenvalue weighted by molar-refractivity contribution is 0.667. The van der Waals surface area contributed by atoms with E-state index in [-0.39, 0.29) is 5.41 Å². The molecule has 25 heavy (non-hydrogen) atoms. The van der Waals surface area contributed by atoms with Crippen LogP contribution < -0.4 is 0 Å². The molecule has 0 spiro atoms. The molecule has 0 amide bonds. The number of aromatic amines is 1. The fourth-order valence-corrected chi connectivity index (χ4v) is 5.82. The lowest BCUT2D eigenvalue weighted by Crippen LogP contribution is -2.14. The number of hydrogen-bond donors (Lipinski definition) is 1. The van der Waals surface area contributed by atoms with Crippen molar-refractivity contribution in [2.45, 2.75) is 19.3 Å². The van der Waals surface area contributed by atoms with Crippen molar-refractivity contribution >= 4 is 42.4 Å². The molecule has 0 radical (unpaired) electrons. The monoisotopic (exact) mass is 339 g/mol. The summed E-state index contributed by atoms with van der Waals surface area (Å²) in [6.45, 7) is 4.72. The van der Waals surface area contributed by atoms with Gasteiger partial charge >= 0.3 is 0 Å². The zero-order valence-corrected chi connectivity index (χ0v) is 15.0. The zero-order chi connectivity index (χ0) is 16.8. The highest BCUT2D eigenvalue weighted by Crippen LogP contribution is 2.53. The van der Waals surface area contributed by atoms with Crippen LogP contribution in [0.3, 0.4) is 0 Å². The van der Waals surface area contributed by atoms with E-state index in [1.807, 2.05) is 11.3 Å². The van der Waals surface area contributed by atoms with Gasteiger partial charge in [0.25, 0.3) is 0 Å². The van der Waals surface area contributed by atoms with E-state index in [1.54, 1.807) is 0 Å². The minimum absolute atomic E-state index is 0.0154. The predicted molar refractivity (Wildman–Crippen MR) is 109 cm³/mol. The van der Waals surface area contributed by atoms with Gasteiger partial charge in [0.05, 0.1) is 5.69 Å². The fourth-order valence-electron chi connectivity index (χ4n) is 4.71. The Labute approximate surface area is 149 Å².